The molecule has 0 bridgehead atoms. The van der Waals surface area contributed by atoms with Gasteiger partial charge in [0.1, 0.15) is 15.5 Å². The van der Waals surface area contributed by atoms with Crippen molar-refractivity contribution in [3.05, 3.63) is 89.0 Å². The number of aromatic nitrogens is 1. The molecule has 14 heteroatoms. The third-order valence-corrected chi connectivity index (χ3v) is 6.80. The monoisotopic (exact) mass is 527 g/mol. The number of amides is 1. The zero-order valence-electron chi connectivity index (χ0n) is 17.2. The molecule has 0 spiro atoms. The van der Waals surface area contributed by atoms with E-state index in [9.17, 15) is 39.2 Å². The van der Waals surface area contributed by atoms with Gasteiger partial charge in [0.2, 0.25) is 10.0 Å². The lowest BCUT2D eigenvalue weighted by molar-refractivity contribution is -0.137. The maximum atomic E-state index is 14.4. The molecular weight excluding hydrogens is 514 g/mol. The first-order valence-corrected chi connectivity index (χ1v) is 12.3. The molecule has 0 unspecified atom stereocenters. The van der Waals surface area contributed by atoms with Crippen molar-refractivity contribution >= 4 is 26.0 Å². The minimum atomic E-state index is -4.72. The summed E-state index contributed by atoms with van der Waals surface area (Å²) in [6.07, 6.45) is -3.71. The van der Waals surface area contributed by atoms with Crippen LogP contribution < -0.4 is 9.86 Å². The summed E-state index contributed by atoms with van der Waals surface area (Å²) < 4.78 is 102. The molecule has 0 aliphatic carbocycles. The van der Waals surface area contributed by atoms with Gasteiger partial charge in [0.25, 0.3) is 15.9 Å². The highest BCUT2D eigenvalue weighted by Gasteiger charge is 2.30. The predicted molar refractivity (Wildman–Crippen MR) is 114 cm³/mol. The number of nitrogens with one attached hydrogen (secondary N) is 1. The minimum absolute atomic E-state index is 0.139. The second kappa shape index (κ2) is 9.45. The average Bonchev–Trinajstić information content (AvgIpc) is 2.77. The molecule has 3 rings (SSSR count). The number of nitrogens with zero attached hydrogens (tertiary/aromatic N) is 1. The molecule has 3 aromatic rings. The number of alkyl halides is 3. The van der Waals surface area contributed by atoms with Gasteiger partial charge in [-0.15, -0.1) is 0 Å². The summed E-state index contributed by atoms with van der Waals surface area (Å²) in [6, 6.07) is 8.68. The Labute approximate surface area is 196 Å². The molecule has 0 atom stereocenters. The van der Waals surface area contributed by atoms with Crippen LogP contribution in [0, 0.1) is 17.7 Å². The van der Waals surface area contributed by atoms with Crippen LogP contribution in [0.3, 0.4) is 0 Å². The van der Waals surface area contributed by atoms with E-state index in [1.54, 1.807) is 4.72 Å². The summed E-state index contributed by atoms with van der Waals surface area (Å²) in [5.74, 6) is 2.30. The van der Waals surface area contributed by atoms with E-state index in [1.165, 1.54) is 12.1 Å². The van der Waals surface area contributed by atoms with E-state index in [-0.39, 0.29) is 5.56 Å². The van der Waals surface area contributed by atoms with Crippen LogP contribution in [0.5, 0.6) is 0 Å². The lowest BCUT2D eigenvalue weighted by atomic mass is 10.1. The van der Waals surface area contributed by atoms with Crippen LogP contribution in [-0.4, -0.2) is 27.7 Å². The number of hydrogen-bond acceptors (Lipinski definition) is 6. The van der Waals surface area contributed by atoms with Crippen LogP contribution in [0.4, 0.5) is 17.6 Å². The number of rotatable bonds is 4. The van der Waals surface area contributed by atoms with Crippen LogP contribution in [-0.2, 0) is 26.2 Å². The van der Waals surface area contributed by atoms with Crippen LogP contribution in [0.2, 0.25) is 0 Å². The topological polar surface area (TPSA) is 136 Å². The molecule has 0 aliphatic rings. The summed E-state index contributed by atoms with van der Waals surface area (Å²) in [7, 11) is -9.16. The summed E-state index contributed by atoms with van der Waals surface area (Å²) >= 11 is 0. The van der Waals surface area contributed by atoms with Crippen molar-refractivity contribution in [3.8, 4) is 11.8 Å². The van der Waals surface area contributed by atoms with Crippen LogP contribution in [0.1, 0.15) is 27.2 Å². The van der Waals surface area contributed by atoms with Gasteiger partial charge < -0.3 is 0 Å². The Morgan fingerprint density at radius 1 is 0.943 bits per heavy atom. The maximum Gasteiger partial charge on any atom is 0.416 e. The predicted octanol–water partition coefficient (Wildman–Crippen LogP) is 2.41. The van der Waals surface area contributed by atoms with E-state index in [0.717, 1.165) is 42.6 Å². The van der Waals surface area contributed by atoms with Gasteiger partial charge in [-0.2, -0.15) is 13.2 Å². The fraction of sp³-hybridized carbons (Fsp3) is 0.0476. The smallest absolute Gasteiger partial charge is 0.268 e. The van der Waals surface area contributed by atoms with Gasteiger partial charge in [-0.3, -0.25) is 4.79 Å². The second-order valence-electron chi connectivity index (χ2n) is 6.81. The van der Waals surface area contributed by atoms with Gasteiger partial charge >= 0.3 is 6.18 Å². The number of hydrogen-bond donors (Lipinski definition) is 2. The van der Waals surface area contributed by atoms with Crippen molar-refractivity contribution in [2.75, 3.05) is 0 Å². The van der Waals surface area contributed by atoms with Crippen molar-refractivity contribution in [2.45, 2.75) is 16.0 Å². The molecule has 1 amide bonds. The summed E-state index contributed by atoms with van der Waals surface area (Å²) in [5.41, 5.74) is -1.73. The van der Waals surface area contributed by atoms with Crippen LogP contribution in [0.15, 0.2) is 70.6 Å². The van der Waals surface area contributed by atoms with Gasteiger partial charge in [-0.05, 0) is 48.4 Å². The normalized spacial score (nSPS) is 11.9. The Kier molecular flexibility index (Phi) is 6.97. The lowest BCUT2D eigenvalue weighted by Crippen LogP contribution is -2.32. The Morgan fingerprint density at radius 3 is 2.09 bits per heavy atom. The SMILES string of the molecule is NS(=O)(=O)c1ccccc1S(=O)(=O)NC(=O)c1cnc(C#Cc2ccc(C(F)(F)F)cc2)c(F)c1. The standard InChI is InChI=1S/C21H13F4N3O5S2/c22-16-11-14(12-27-17(16)10-7-13-5-8-15(9-6-13)21(23,24)25)20(29)28-35(32,33)19-4-2-1-3-18(19)34(26,30)31/h1-6,8-9,11-12H,(H,28,29)(H2,26,30,31). The average molecular weight is 527 g/mol. The zero-order valence-corrected chi connectivity index (χ0v) is 18.8. The molecule has 1 heterocycles. The fourth-order valence-electron chi connectivity index (χ4n) is 2.67. The van der Waals surface area contributed by atoms with Crippen molar-refractivity contribution < 1.29 is 39.2 Å². The van der Waals surface area contributed by atoms with Crippen LogP contribution in [0.25, 0.3) is 0 Å². The van der Waals surface area contributed by atoms with Gasteiger partial charge in [-0.1, -0.05) is 18.1 Å². The van der Waals surface area contributed by atoms with Gasteiger partial charge in [0.15, 0.2) is 5.82 Å². The maximum absolute atomic E-state index is 14.4. The molecule has 0 saturated heterocycles. The summed E-state index contributed by atoms with van der Waals surface area (Å²) in [6.45, 7) is 0. The van der Waals surface area contributed by atoms with Crippen molar-refractivity contribution in [1.82, 2.24) is 9.71 Å². The van der Waals surface area contributed by atoms with Crippen molar-refractivity contribution in [3.63, 3.8) is 0 Å². The third kappa shape index (κ3) is 6.21. The van der Waals surface area contributed by atoms with Crippen molar-refractivity contribution in [1.29, 1.82) is 0 Å². The van der Waals surface area contributed by atoms with Crippen molar-refractivity contribution in [2.24, 2.45) is 5.14 Å². The molecule has 8 nitrogen and oxygen atoms in total. The fourth-order valence-corrected chi connectivity index (χ4v) is 5.03. The number of carbonyl (C=O) groups excluding carboxylic acids is 1. The number of benzene rings is 2. The van der Waals surface area contributed by atoms with Gasteiger partial charge in [0, 0.05) is 11.8 Å². The molecule has 1 aromatic heterocycles. The second-order valence-corrected chi connectivity index (χ2v) is 9.99. The number of halogens is 4. The summed E-state index contributed by atoms with van der Waals surface area (Å²) in [4.78, 5) is 14.4. The van der Waals surface area contributed by atoms with E-state index in [4.69, 9.17) is 5.14 Å². The molecule has 0 aliphatic heterocycles. The van der Waals surface area contributed by atoms with Crippen LogP contribution >= 0.6 is 0 Å². The molecule has 0 saturated carbocycles. The van der Waals surface area contributed by atoms with E-state index in [2.05, 4.69) is 16.8 Å². The first kappa shape index (κ1) is 25.8. The van der Waals surface area contributed by atoms with Gasteiger partial charge in [0.05, 0.1) is 11.1 Å². The summed E-state index contributed by atoms with van der Waals surface area (Å²) in [5, 5.41) is 5.00. The highest BCUT2D eigenvalue weighted by Crippen LogP contribution is 2.29. The number of sulfonamides is 2. The number of carbonyl (C=O) groups is 1. The Bertz CT molecular complexity index is 1580. The van der Waals surface area contributed by atoms with Gasteiger partial charge in [-0.25, -0.2) is 36.1 Å². The molecular formula is C21H13F4N3O5S2. The first-order chi connectivity index (χ1) is 16.2. The molecule has 35 heavy (non-hydrogen) atoms. The first-order valence-electron chi connectivity index (χ1n) is 9.22. The molecule has 0 fully saturated rings. The molecule has 2 aromatic carbocycles. The number of pyridine rings is 1. The molecule has 182 valence electrons. The van der Waals surface area contributed by atoms with E-state index >= 15 is 0 Å². The number of nitrogens with two attached hydrogens (primary N) is 1. The zero-order chi connectivity index (χ0) is 26.0. The number of primary sulfonamides is 1. The Balaban J connectivity index is 1.82. The Hall–Kier alpha value is -3.80. The molecule has 3 N–H and O–H groups in total. The quantitative estimate of drug-likeness (QED) is 0.395. The minimum Gasteiger partial charge on any atom is -0.268 e. The van der Waals surface area contributed by atoms with E-state index in [0.29, 0.717) is 6.07 Å². The van der Waals surface area contributed by atoms with E-state index in [1.807, 2.05) is 0 Å². The third-order valence-electron chi connectivity index (χ3n) is 4.31. The van der Waals surface area contributed by atoms with E-state index < -0.39 is 64.6 Å². The largest absolute Gasteiger partial charge is 0.416 e. The highest BCUT2D eigenvalue weighted by atomic mass is 32.2. The highest BCUT2D eigenvalue weighted by molar-refractivity contribution is 7.92. The lowest BCUT2D eigenvalue weighted by Gasteiger charge is -2.10. The molecule has 0 radical (unpaired) electrons. The Morgan fingerprint density at radius 2 is 1.54 bits per heavy atom.